The average molecular weight is 250 g/mol. The standard InChI is InChI=1S/C10H18OS3/c1(3-12-6-9-5-11-9)2-4-13-7-10-8-14-10/h9-10H,1-8H2. The second kappa shape index (κ2) is 6.56. The van der Waals surface area contributed by atoms with E-state index in [4.69, 9.17) is 4.74 Å². The average Bonchev–Trinajstić information content (AvgIpc) is 3.00. The van der Waals surface area contributed by atoms with E-state index in [0.717, 1.165) is 11.9 Å². The van der Waals surface area contributed by atoms with Gasteiger partial charge in [0, 0.05) is 22.5 Å². The number of rotatable bonds is 9. The SMILES string of the molecule is C(CCSCC1CS1)CSCC1CO1. The van der Waals surface area contributed by atoms with E-state index in [9.17, 15) is 0 Å². The first kappa shape index (κ1) is 11.5. The Morgan fingerprint density at radius 3 is 2.36 bits per heavy atom. The first-order chi connectivity index (χ1) is 6.95. The van der Waals surface area contributed by atoms with Gasteiger partial charge in [-0.2, -0.15) is 35.3 Å². The minimum atomic E-state index is 0.612. The Kier molecular flexibility index (Phi) is 5.39. The molecule has 0 spiro atoms. The third-order valence-electron chi connectivity index (χ3n) is 2.24. The Morgan fingerprint density at radius 2 is 1.79 bits per heavy atom. The molecule has 0 saturated carbocycles. The maximum atomic E-state index is 5.16. The van der Waals surface area contributed by atoms with Gasteiger partial charge in [0.1, 0.15) is 0 Å². The summed E-state index contributed by atoms with van der Waals surface area (Å²) in [6.45, 7) is 1.02. The van der Waals surface area contributed by atoms with E-state index < -0.39 is 0 Å². The molecule has 2 unspecified atom stereocenters. The molecule has 2 saturated heterocycles. The Hall–Kier alpha value is 1.01. The van der Waals surface area contributed by atoms with Crippen LogP contribution in [0.3, 0.4) is 0 Å². The van der Waals surface area contributed by atoms with Crippen molar-refractivity contribution >= 4 is 35.3 Å². The number of thioether (sulfide) groups is 3. The van der Waals surface area contributed by atoms with Crippen LogP contribution in [0, 0.1) is 0 Å². The number of ether oxygens (including phenoxy) is 1. The van der Waals surface area contributed by atoms with Crippen LogP contribution in [0.25, 0.3) is 0 Å². The highest BCUT2D eigenvalue weighted by Crippen LogP contribution is 2.33. The van der Waals surface area contributed by atoms with Gasteiger partial charge < -0.3 is 4.74 Å². The van der Waals surface area contributed by atoms with Crippen LogP contribution in [0.5, 0.6) is 0 Å². The topological polar surface area (TPSA) is 12.5 Å². The monoisotopic (exact) mass is 250 g/mol. The van der Waals surface area contributed by atoms with Gasteiger partial charge in [0.15, 0.2) is 0 Å². The molecule has 2 fully saturated rings. The van der Waals surface area contributed by atoms with Gasteiger partial charge in [-0.25, -0.2) is 0 Å². The fourth-order valence-electron chi connectivity index (χ4n) is 1.17. The van der Waals surface area contributed by atoms with Crippen LogP contribution in [-0.2, 0) is 4.74 Å². The van der Waals surface area contributed by atoms with Crippen molar-refractivity contribution in [2.45, 2.75) is 24.2 Å². The fraction of sp³-hybridized carbons (Fsp3) is 1.00. The summed E-state index contributed by atoms with van der Waals surface area (Å²) in [6.07, 6.45) is 3.41. The highest BCUT2D eigenvalue weighted by Gasteiger charge is 2.22. The molecule has 4 heteroatoms. The van der Waals surface area contributed by atoms with Crippen LogP contribution < -0.4 is 0 Å². The molecule has 2 atom stereocenters. The van der Waals surface area contributed by atoms with Crippen molar-refractivity contribution in [1.82, 2.24) is 0 Å². The van der Waals surface area contributed by atoms with E-state index in [2.05, 4.69) is 35.3 Å². The van der Waals surface area contributed by atoms with Crippen LogP contribution in [-0.4, -0.2) is 46.7 Å². The number of hydrogen-bond donors (Lipinski definition) is 0. The summed E-state index contributed by atoms with van der Waals surface area (Å²) in [6, 6.07) is 0. The molecular weight excluding hydrogens is 232 g/mol. The number of unbranched alkanes of at least 4 members (excludes halogenated alkanes) is 1. The predicted molar refractivity (Wildman–Crippen MR) is 69.9 cm³/mol. The van der Waals surface area contributed by atoms with Crippen LogP contribution >= 0.6 is 35.3 Å². The van der Waals surface area contributed by atoms with Crippen molar-refractivity contribution in [3.63, 3.8) is 0 Å². The molecule has 0 aromatic carbocycles. The molecule has 0 aromatic heterocycles. The van der Waals surface area contributed by atoms with Crippen molar-refractivity contribution in [3.05, 3.63) is 0 Å². The molecule has 2 aliphatic rings. The molecule has 0 amide bonds. The maximum Gasteiger partial charge on any atom is 0.0900 e. The van der Waals surface area contributed by atoms with E-state index in [-0.39, 0.29) is 0 Å². The third kappa shape index (κ3) is 5.79. The van der Waals surface area contributed by atoms with Gasteiger partial charge in [0.2, 0.25) is 0 Å². The minimum Gasteiger partial charge on any atom is -0.372 e. The lowest BCUT2D eigenvalue weighted by molar-refractivity contribution is 0.426. The Morgan fingerprint density at radius 1 is 1.14 bits per heavy atom. The molecule has 0 radical (unpaired) electrons. The lowest BCUT2D eigenvalue weighted by Gasteiger charge is -2.00. The second-order valence-corrected chi connectivity index (χ2v) is 7.40. The van der Waals surface area contributed by atoms with Crippen LogP contribution in [0.15, 0.2) is 0 Å². The van der Waals surface area contributed by atoms with Crippen molar-refractivity contribution in [1.29, 1.82) is 0 Å². The van der Waals surface area contributed by atoms with Crippen molar-refractivity contribution in [2.24, 2.45) is 0 Å². The molecule has 0 aliphatic carbocycles. The quantitative estimate of drug-likeness (QED) is 0.460. The van der Waals surface area contributed by atoms with Gasteiger partial charge in [-0.3, -0.25) is 0 Å². The summed E-state index contributed by atoms with van der Waals surface area (Å²) in [5.74, 6) is 6.75. The molecule has 2 aliphatic heterocycles. The van der Waals surface area contributed by atoms with Gasteiger partial charge in [-0.05, 0) is 24.3 Å². The lowest BCUT2D eigenvalue weighted by Crippen LogP contribution is -1.93. The number of epoxide rings is 1. The van der Waals surface area contributed by atoms with E-state index in [1.54, 1.807) is 0 Å². The van der Waals surface area contributed by atoms with E-state index >= 15 is 0 Å². The Labute approximate surface area is 99.5 Å². The molecule has 0 aromatic rings. The normalized spacial score (nSPS) is 29.1. The second-order valence-electron chi connectivity index (χ2n) is 3.77. The summed E-state index contributed by atoms with van der Waals surface area (Å²) in [5, 5.41) is 1.02. The highest BCUT2D eigenvalue weighted by atomic mass is 32.2. The largest absolute Gasteiger partial charge is 0.372 e. The summed E-state index contributed by atoms with van der Waals surface area (Å²) >= 11 is 6.32. The highest BCUT2D eigenvalue weighted by molar-refractivity contribution is 8.08. The van der Waals surface area contributed by atoms with Crippen LogP contribution in [0.1, 0.15) is 12.8 Å². The molecular formula is C10H18OS3. The molecule has 1 nitrogen and oxygen atoms in total. The minimum absolute atomic E-state index is 0.612. The van der Waals surface area contributed by atoms with E-state index in [1.807, 2.05) is 0 Å². The van der Waals surface area contributed by atoms with Gasteiger partial charge in [-0.1, -0.05) is 0 Å². The van der Waals surface area contributed by atoms with Crippen LogP contribution in [0.4, 0.5) is 0 Å². The summed E-state index contributed by atoms with van der Waals surface area (Å²) in [5.41, 5.74) is 0. The fourth-order valence-corrected chi connectivity index (χ4v) is 4.23. The zero-order valence-electron chi connectivity index (χ0n) is 8.44. The summed E-state index contributed by atoms with van der Waals surface area (Å²) in [4.78, 5) is 0. The number of hydrogen-bond acceptors (Lipinski definition) is 4. The Bertz CT molecular complexity index is 139. The van der Waals surface area contributed by atoms with Gasteiger partial charge in [-0.15, -0.1) is 0 Å². The zero-order valence-corrected chi connectivity index (χ0v) is 10.9. The van der Waals surface area contributed by atoms with Crippen LogP contribution in [0.2, 0.25) is 0 Å². The molecule has 82 valence electrons. The third-order valence-corrected chi connectivity index (χ3v) is 5.82. The van der Waals surface area contributed by atoms with Gasteiger partial charge in [0.25, 0.3) is 0 Å². The Balaban J connectivity index is 1.25. The predicted octanol–water partition coefficient (Wildman–Crippen LogP) is 2.75. The maximum absolute atomic E-state index is 5.16. The van der Waals surface area contributed by atoms with Crippen molar-refractivity contribution in [2.75, 3.05) is 35.4 Å². The molecule has 14 heavy (non-hydrogen) atoms. The molecule has 2 heterocycles. The zero-order chi connectivity index (χ0) is 9.64. The van der Waals surface area contributed by atoms with E-state index in [0.29, 0.717) is 6.10 Å². The molecule has 0 N–H and O–H groups in total. The van der Waals surface area contributed by atoms with Gasteiger partial charge >= 0.3 is 0 Å². The summed E-state index contributed by atoms with van der Waals surface area (Å²) < 4.78 is 5.16. The first-order valence-electron chi connectivity index (χ1n) is 5.34. The summed E-state index contributed by atoms with van der Waals surface area (Å²) in [7, 11) is 0. The first-order valence-corrected chi connectivity index (χ1v) is 8.69. The van der Waals surface area contributed by atoms with Crippen molar-refractivity contribution in [3.8, 4) is 0 Å². The van der Waals surface area contributed by atoms with Gasteiger partial charge in [0.05, 0.1) is 12.7 Å². The smallest absolute Gasteiger partial charge is 0.0900 e. The molecule has 0 bridgehead atoms. The van der Waals surface area contributed by atoms with E-state index in [1.165, 1.54) is 41.6 Å². The van der Waals surface area contributed by atoms with Crippen molar-refractivity contribution < 1.29 is 4.74 Å². The lowest BCUT2D eigenvalue weighted by atomic mass is 10.4. The molecule has 2 rings (SSSR count).